The van der Waals surface area contributed by atoms with E-state index in [1.807, 2.05) is 19.1 Å². The highest BCUT2D eigenvalue weighted by atomic mass is 79.9. The summed E-state index contributed by atoms with van der Waals surface area (Å²) >= 11 is 3.49. The maximum Gasteiger partial charge on any atom is 0.124 e. The second kappa shape index (κ2) is 4.51. The molecule has 1 aliphatic rings. The van der Waals surface area contributed by atoms with Crippen molar-refractivity contribution in [2.24, 2.45) is 0 Å². The summed E-state index contributed by atoms with van der Waals surface area (Å²) in [5, 5.41) is 16.7. The average Bonchev–Trinajstić information content (AvgIpc) is 2.26. The number of phenolic OH excluding ortho intramolecular Hbond substituents is 1. The van der Waals surface area contributed by atoms with E-state index in [4.69, 9.17) is 0 Å². The molecule has 82 valence electrons. The number of halogens is 1. The highest BCUT2D eigenvalue weighted by Gasteiger charge is 2.21. The summed E-state index contributed by atoms with van der Waals surface area (Å²) in [6, 6.07) is 4.09. The molecule has 0 saturated carbocycles. The van der Waals surface area contributed by atoms with Gasteiger partial charge in [0.1, 0.15) is 5.75 Å². The third-order valence-corrected chi connectivity index (χ3v) is 3.45. The van der Waals surface area contributed by atoms with Gasteiger partial charge < -0.3 is 15.7 Å². The minimum absolute atomic E-state index is 0.188. The molecule has 1 aliphatic heterocycles. The Bertz CT molecular complexity index is 362. The van der Waals surface area contributed by atoms with Gasteiger partial charge in [-0.3, -0.25) is 0 Å². The second-order valence-corrected chi connectivity index (χ2v) is 4.69. The molecular weight excluding hydrogens is 256 g/mol. The topological polar surface area (TPSA) is 44.3 Å². The number of benzene rings is 1. The van der Waals surface area contributed by atoms with Crippen molar-refractivity contribution in [1.82, 2.24) is 10.6 Å². The lowest BCUT2D eigenvalue weighted by atomic mass is 10.0. The van der Waals surface area contributed by atoms with Crippen LogP contribution in [-0.2, 0) is 0 Å². The van der Waals surface area contributed by atoms with Gasteiger partial charge in [-0.25, -0.2) is 0 Å². The van der Waals surface area contributed by atoms with Gasteiger partial charge in [-0.2, -0.15) is 0 Å². The summed E-state index contributed by atoms with van der Waals surface area (Å²) in [5.74, 6) is 0.394. The Balaban J connectivity index is 2.36. The third-order valence-electron chi connectivity index (χ3n) is 2.76. The molecule has 0 spiro atoms. The van der Waals surface area contributed by atoms with Crippen molar-refractivity contribution >= 4 is 15.9 Å². The van der Waals surface area contributed by atoms with Gasteiger partial charge >= 0.3 is 0 Å². The summed E-state index contributed by atoms with van der Waals surface area (Å²) in [5.41, 5.74) is 1.88. The molecule has 1 fully saturated rings. The smallest absolute Gasteiger partial charge is 0.124 e. The maximum atomic E-state index is 10.0. The second-order valence-electron chi connectivity index (χ2n) is 3.84. The number of rotatable bonds is 1. The molecule has 0 aliphatic carbocycles. The van der Waals surface area contributed by atoms with Crippen LogP contribution >= 0.6 is 15.9 Å². The normalized spacial score (nSPS) is 21.6. The van der Waals surface area contributed by atoms with E-state index < -0.39 is 0 Å². The lowest BCUT2D eigenvalue weighted by molar-refractivity contribution is 0.401. The zero-order chi connectivity index (χ0) is 10.8. The minimum atomic E-state index is 0.188. The Labute approximate surface area is 98.0 Å². The van der Waals surface area contributed by atoms with Crippen LogP contribution in [0.4, 0.5) is 0 Å². The number of hydrogen-bond donors (Lipinski definition) is 3. The van der Waals surface area contributed by atoms with E-state index in [1.165, 1.54) is 0 Å². The number of piperazine rings is 1. The molecule has 1 aromatic carbocycles. The van der Waals surface area contributed by atoms with Gasteiger partial charge in [-0.05, 0) is 18.6 Å². The predicted octanol–water partition coefficient (Wildman–Crippen LogP) is 1.70. The van der Waals surface area contributed by atoms with Crippen molar-refractivity contribution in [3.05, 3.63) is 27.7 Å². The molecule has 3 nitrogen and oxygen atoms in total. The van der Waals surface area contributed by atoms with Crippen molar-refractivity contribution in [3.8, 4) is 5.75 Å². The van der Waals surface area contributed by atoms with Crippen LogP contribution in [0.1, 0.15) is 17.2 Å². The molecule has 0 amide bonds. The van der Waals surface area contributed by atoms with E-state index in [0.29, 0.717) is 5.75 Å². The van der Waals surface area contributed by atoms with E-state index in [-0.39, 0.29) is 6.04 Å². The van der Waals surface area contributed by atoms with Crippen LogP contribution in [0.15, 0.2) is 16.6 Å². The first-order valence-electron chi connectivity index (χ1n) is 5.12. The largest absolute Gasteiger partial charge is 0.507 e. The summed E-state index contributed by atoms with van der Waals surface area (Å²) in [4.78, 5) is 0. The standard InChI is InChI=1S/C11H15BrN2O/c1-7-2-3-8(12)10(11(7)15)9-6-13-4-5-14-9/h2-3,9,13-15H,4-6H2,1H3/t9-/m1/s1. The van der Waals surface area contributed by atoms with Crippen molar-refractivity contribution < 1.29 is 5.11 Å². The summed E-state index contributed by atoms with van der Waals surface area (Å²) < 4.78 is 0.965. The van der Waals surface area contributed by atoms with Gasteiger partial charge in [0.15, 0.2) is 0 Å². The fourth-order valence-corrected chi connectivity index (χ4v) is 2.48. The zero-order valence-corrected chi connectivity index (χ0v) is 10.3. The number of nitrogens with one attached hydrogen (secondary N) is 2. The van der Waals surface area contributed by atoms with Crippen LogP contribution in [0, 0.1) is 6.92 Å². The molecule has 0 radical (unpaired) electrons. The molecular formula is C11H15BrN2O. The first-order chi connectivity index (χ1) is 7.20. The van der Waals surface area contributed by atoms with Gasteiger partial charge in [0.05, 0.1) is 0 Å². The van der Waals surface area contributed by atoms with Crippen molar-refractivity contribution in [3.63, 3.8) is 0 Å². The molecule has 0 unspecified atom stereocenters. The Kier molecular flexibility index (Phi) is 3.29. The molecule has 0 bridgehead atoms. The fourth-order valence-electron chi connectivity index (χ4n) is 1.88. The molecule has 1 saturated heterocycles. The van der Waals surface area contributed by atoms with E-state index >= 15 is 0 Å². The van der Waals surface area contributed by atoms with Crippen LogP contribution in [0.3, 0.4) is 0 Å². The van der Waals surface area contributed by atoms with Gasteiger partial charge in [0.25, 0.3) is 0 Å². The summed E-state index contributed by atoms with van der Waals surface area (Å²) in [6.07, 6.45) is 0. The Hall–Kier alpha value is -0.580. The fraction of sp³-hybridized carbons (Fsp3) is 0.455. The molecule has 4 heteroatoms. The Morgan fingerprint density at radius 3 is 2.87 bits per heavy atom. The minimum Gasteiger partial charge on any atom is -0.507 e. The van der Waals surface area contributed by atoms with E-state index in [9.17, 15) is 5.11 Å². The predicted molar refractivity (Wildman–Crippen MR) is 64.2 cm³/mol. The summed E-state index contributed by atoms with van der Waals surface area (Å²) in [6.45, 7) is 4.70. The lowest BCUT2D eigenvalue weighted by Crippen LogP contribution is -2.42. The first-order valence-corrected chi connectivity index (χ1v) is 5.91. The molecule has 2 rings (SSSR count). The van der Waals surface area contributed by atoms with Crippen molar-refractivity contribution in [2.45, 2.75) is 13.0 Å². The zero-order valence-electron chi connectivity index (χ0n) is 8.68. The Morgan fingerprint density at radius 2 is 2.20 bits per heavy atom. The molecule has 1 aromatic rings. The van der Waals surface area contributed by atoms with Gasteiger partial charge in [0, 0.05) is 35.7 Å². The maximum absolute atomic E-state index is 10.0. The number of hydrogen-bond acceptors (Lipinski definition) is 3. The highest BCUT2D eigenvalue weighted by molar-refractivity contribution is 9.10. The molecule has 1 heterocycles. The molecule has 15 heavy (non-hydrogen) atoms. The van der Waals surface area contributed by atoms with Crippen LogP contribution in [0.2, 0.25) is 0 Å². The Morgan fingerprint density at radius 1 is 1.40 bits per heavy atom. The quantitative estimate of drug-likeness (QED) is 0.728. The number of phenols is 1. The van der Waals surface area contributed by atoms with Gasteiger partial charge in [0.2, 0.25) is 0 Å². The lowest BCUT2D eigenvalue weighted by Gasteiger charge is -2.26. The van der Waals surface area contributed by atoms with Gasteiger partial charge in [-0.1, -0.05) is 22.0 Å². The van der Waals surface area contributed by atoms with Crippen LogP contribution in [-0.4, -0.2) is 24.7 Å². The summed E-state index contributed by atoms with van der Waals surface area (Å²) in [7, 11) is 0. The highest BCUT2D eigenvalue weighted by Crippen LogP contribution is 2.34. The first kappa shape index (κ1) is 10.9. The molecule has 0 aromatic heterocycles. The van der Waals surface area contributed by atoms with Crippen LogP contribution in [0.5, 0.6) is 5.75 Å². The molecule has 1 atom stereocenters. The SMILES string of the molecule is Cc1ccc(Br)c([C@H]2CNCCN2)c1O. The van der Waals surface area contributed by atoms with Crippen molar-refractivity contribution in [2.75, 3.05) is 19.6 Å². The van der Waals surface area contributed by atoms with Crippen LogP contribution in [0.25, 0.3) is 0 Å². The van der Waals surface area contributed by atoms with Gasteiger partial charge in [-0.15, -0.1) is 0 Å². The monoisotopic (exact) mass is 270 g/mol. The number of aryl methyl sites for hydroxylation is 1. The van der Waals surface area contributed by atoms with E-state index in [2.05, 4.69) is 26.6 Å². The molecule has 3 N–H and O–H groups in total. The number of aromatic hydroxyl groups is 1. The third kappa shape index (κ3) is 2.17. The van der Waals surface area contributed by atoms with Crippen LogP contribution < -0.4 is 10.6 Å². The average molecular weight is 271 g/mol. The van der Waals surface area contributed by atoms with Crippen molar-refractivity contribution in [1.29, 1.82) is 0 Å². The van der Waals surface area contributed by atoms with E-state index in [1.54, 1.807) is 0 Å². The van der Waals surface area contributed by atoms with E-state index in [0.717, 1.165) is 35.2 Å².